The molecule has 0 saturated heterocycles. The van der Waals surface area contributed by atoms with Crippen molar-refractivity contribution in [2.24, 2.45) is 0 Å². The summed E-state index contributed by atoms with van der Waals surface area (Å²) in [5.41, 5.74) is 1.54. The molecule has 0 spiro atoms. The molecule has 0 aliphatic carbocycles. The highest BCUT2D eigenvalue weighted by Crippen LogP contribution is 2.21. The summed E-state index contributed by atoms with van der Waals surface area (Å²) < 4.78 is 0. The van der Waals surface area contributed by atoms with Crippen LogP contribution in [0.4, 0.5) is 5.69 Å². The third-order valence-corrected chi connectivity index (χ3v) is 3.36. The molecule has 3 nitrogen and oxygen atoms in total. The number of carbonyl (C=O) groups is 1. The number of fused-ring (bicyclic) bond motifs is 1. The summed E-state index contributed by atoms with van der Waals surface area (Å²) in [5.74, 6) is -0.0326. The number of para-hydroxylation sites is 1. The number of hydrogen-bond acceptors (Lipinski definition) is 2. The quantitative estimate of drug-likeness (QED) is 0.708. The number of anilines is 1. The van der Waals surface area contributed by atoms with Crippen LogP contribution in [0.3, 0.4) is 0 Å². The second-order valence-corrected chi connectivity index (χ2v) is 4.60. The van der Waals surface area contributed by atoms with E-state index < -0.39 is 0 Å². The lowest BCUT2D eigenvalue weighted by atomic mass is 10.1. The first kappa shape index (κ1) is 12.4. The zero-order valence-corrected chi connectivity index (χ0v) is 11.2. The van der Waals surface area contributed by atoms with Gasteiger partial charge in [-0.2, -0.15) is 0 Å². The van der Waals surface area contributed by atoms with Crippen LogP contribution in [0.1, 0.15) is 10.4 Å². The normalized spacial score (nSPS) is 10.4. The average Bonchev–Trinajstić information content (AvgIpc) is 2.54. The molecular weight excluding hydrogens is 248 g/mol. The molecule has 0 N–H and O–H groups in total. The minimum absolute atomic E-state index is 0.0326. The Morgan fingerprint density at radius 2 is 1.80 bits per heavy atom. The number of hydrogen-bond donors (Lipinski definition) is 0. The van der Waals surface area contributed by atoms with Crippen molar-refractivity contribution in [1.82, 2.24) is 4.98 Å². The van der Waals surface area contributed by atoms with E-state index in [0.717, 1.165) is 16.5 Å². The molecule has 0 atom stereocenters. The maximum Gasteiger partial charge on any atom is 0.258 e. The fourth-order valence-corrected chi connectivity index (χ4v) is 2.25. The van der Waals surface area contributed by atoms with E-state index in [4.69, 9.17) is 0 Å². The molecule has 0 bridgehead atoms. The van der Waals surface area contributed by atoms with Gasteiger partial charge in [-0.3, -0.25) is 9.78 Å². The van der Waals surface area contributed by atoms with Crippen LogP contribution in [-0.2, 0) is 0 Å². The Labute approximate surface area is 117 Å². The van der Waals surface area contributed by atoms with Gasteiger partial charge in [-0.05, 0) is 29.7 Å². The zero-order valence-electron chi connectivity index (χ0n) is 11.2. The smallest absolute Gasteiger partial charge is 0.258 e. The molecular formula is C17H14N2O. The van der Waals surface area contributed by atoms with Crippen molar-refractivity contribution in [3.63, 3.8) is 0 Å². The molecule has 1 amide bonds. The number of amides is 1. The van der Waals surface area contributed by atoms with E-state index in [2.05, 4.69) is 4.98 Å². The first-order chi connectivity index (χ1) is 9.77. The molecule has 1 heterocycles. The van der Waals surface area contributed by atoms with E-state index in [9.17, 15) is 4.79 Å². The van der Waals surface area contributed by atoms with Crippen LogP contribution in [-0.4, -0.2) is 17.9 Å². The Kier molecular flexibility index (Phi) is 3.17. The van der Waals surface area contributed by atoms with Gasteiger partial charge in [0.25, 0.3) is 5.91 Å². The third-order valence-electron chi connectivity index (χ3n) is 3.36. The number of benzene rings is 2. The summed E-state index contributed by atoms with van der Waals surface area (Å²) in [5, 5.41) is 1.90. The summed E-state index contributed by atoms with van der Waals surface area (Å²) in [6.07, 6.45) is 3.47. The molecule has 1 aromatic heterocycles. The molecule has 3 aromatic rings. The Balaban J connectivity index is 2.05. The summed E-state index contributed by atoms with van der Waals surface area (Å²) in [7, 11) is 1.78. The molecule has 0 radical (unpaired) electrons. The van der Waals surface area contributed by atoms with Crippen LogP contribution < -0.4 is 4.90 Å². The van der Waals surface area contributed by atoms with Gasteiger partial charge in [-0.15, -0.1) is 0 Å². The van der Waals surface area contributed by atoms with Crippen LogP contribution in [0, 0.1) is 0 Å². The summed E-state index contributed by atoms with van der Waals surface area (Å²) in [6, 6.07) is 17.2. The largest absolute Gasteiger partial charge is 0.311 e. The van der Waals surface area contributed by atoms with Crippen molar-refractivity contribution in [1.29, 1.82) is 0 Å². The maximum absolute atomic E-state index is 12.7. The van der Waals surface area contributed by atoms with Crippen molar-refractivity contribution >= 4 is 22.4 Å². The summed E-state index contributed by atoms with van der Waals surface area (Å²) >= 11 is 0. The van der Waals surface area contributed by atoms with Crippen molar-refractivity contribution in [3.05, 3.63) is 72.6 Å². The predicted octanol–water partition coefficient (Wildman–Crippen LogP) is 3.51. The van der Waals surface area contributed by atoms with E-state index in [0.29, 0.717) is 5.56 Å². The monoisotopic (exact) mass is 262 g/mol. The van der Waals surface area contributed by atoms with Crippen molar-refractivity contribution in [2.75, 3.05) is 11.9 Å². The lowest BCUT2D eigenvalue weighted by molar-refractivity contribution is 0.0994. The van der Waals surface area contributed by atoms with Crippen LogP contribution in [0.2, 0.25) is 0 Å². The molecule has 0 saturated carbocycles. The Hall–Kier alpha value is -2.68. The van der Waals surface area contributed by atoms with Crippen molar-refractivity contribution < 1.29 is 4.79 Å². The van der Waals surface area contributed by atoms with Gasteiger partial charge in [-0.25, -0.2) is 0 Å². The highest BCUT2D eigenvalue weighted by Gasteiger charge is 2.15. The molecule has 0 unspecified atom stereocenters. The lowest BCUT2D eigenvalue weighted by Crippen LogP contribution is -2.26. The summed E-state index contributed by atoms with van der Waals surface area (Å²) in [4.78, 5) is 18.4. The Morgan fingerprint density at radius 3 is 2.60 bits per heavy atom. The molecule has 0 aliphatic rings. The van der Waals surface area contributed by atoms with Crippen LogP contribution >= 0.6 is 0 Å². The van der Waals surface area contributed by atoms with Crippen LogP contribution in [0.25, 0.3) is 10.8 Å². The number of pyridine rings is 1. The van der Waals surface area contributed by atoms with E-state index in [-0.39, 0.29) is 5.91 Å². The van der Waals surface area contributed by atoms with Gasteiger partial charge in [0, 0.05) is 36.1 Å². The van der Waals surface area contributed by atoms with Crippen molar-refractivity contribution in [2.45, 2.75) is 0 Å². The SMILES string of the molecule is CN(C(=O)c1cccc2ccncc12)c1ccccc1. The van der Waals surface area contributed by atoms with Gasteiger partial charge in [-0.1, -0.05) is 30.3 Å². The molecule has 3 heteroatoms. The highest BCUT2D eigenvalue weighted by atomic mass is 16.2. The topological polar surface area (TPSA) is 33.2 Å². The van der Waals surface area contributed by atoms with Gasteiger partial charge >= 0.3 is 0 Å². The zero-order chi connectivity index (χ0) is 13.9. The van der Waals surface area contributed by atoms with E-state index in [1.54, 1.807) is 24.3 Å². The molecule has 20 heavy (non-hydrogen) atoms. The Bertz CT molecular complexity index is 748. The minimum Gasteiger partial charge on any atom is -0.311 e. The van der Waals surface area contributed by atoms with Gasteiger partial charge < -0.3 is 4.90 Å². The van der Waals surface area contributed by atoms with E-state index in [1.807, 2.05) is 54.6 Å². The third kappa shape index (κ3) is 2.14. The molecule has 98 valence electrons. The van der Waals surface area contributed by atoms with Crippen LogP contribution in [0.5, 0.6) is 0 Å². The molecule has 3 rings (SSSR count). The number of carbonyl (C=O) groups excluding carboxylic acids is 1. The lowest BCUT2D eigenvalue weighted by Gasteiger charge is -2.18. The fourth-order valence-electron chi connectivity index (χ4n) is 2.25. The maximum atomic E-state index is 12.7. The molecule has 0 aliphatic heterocycles. The first-order valence-corrected chi connectivity index (χ1v) is 6.43. The Morgan fingerprint density at radius 1 is 1.00 bits per heavy atom. The number of nitrogens with zero attached hydrogens (tertiary/aromatic N) is 2. The number of rotatable bonds is 2. The molecule has 2 aromatic carbocycles. The fraction of sp³-hybridized carbons (Fsp3) is 0.0588. The summed E-state index contributed by atoms with van der Waals surface area (Å²) in [6.45, 7) is 0. The molecule has 0 fully saturated rings. The van der Waals surface area contributed by atoms with Crippen LogP contribution in [0.15, 0.2) is 67.0 Å². The number of aromatic nitrogens is 1. The van der Waals surface area contributed by atoms with Gasteiger partial charge in [0.2, 0.25) is 0 Å². The van der Waals surface area contributed by atoms with Gasteiger partial charge in [0.15, 0.2) is 0 Å². The van der Waals surface area contributed by atoms with Gasteiger partial charge in [0.05, 0.1) is 0 Å². The minimum atomic E-state index is -0.0326. The predicted molar refractivity (Wildman–Crippen MR) is 80.9 cm³/mol. The van der Waals surface area contributed by atoms with E-state index in [1.165, 1.54) is 0 Å². The average molecular weight is 262 g/mol. The van der Waals surface area contributed by atoms with Crippen molar-refractivity contribution in [3.8, 4) is 0 Å². The van der Waals surface area contributed by atoms with E-state index >= 15 is 0 Å². The second-order valence-electron chi connectivity index (χ2n) is 4.60. The van der Waals surface area contributed by atoms with Gasteiger partial charge in [0.1, 0.15) is 0 Å². The first-order valence-electron chi connectivity index (χ1n) is 6.43. The second kappa shape index (κ2) is 5.13. The highest BCUT2D eigenvalue weighted by molar-refractivity contribution is 6.13. The standard InChI is InChI=1S/C17H14N2O/c1-19(14-7-3-2-4-8-14)17(20)15-9-5-6-13-10-11-18-12-16(13)15/h2-12H,1H3.